The maximum atomic E-state index is 13.6. The number of nitrogens with two attached hydrogens (primary N) is 1. The summed E-state index contributed by atoms with van der Waals surface area (Å²) in [6, 6.07) is 7.95. The lowest BCUT2D eigenvalue weighted by Gasteiger charge is -2.24. The molecule has 2 unspecified atom stereocenters. The van der Waals surface area contributed by atoms with Gasteiger partial charge in [0.1, 0.15) is 23.2 Å². The lowest BCUT2D eigenvalue weighted by atomic mass is 10.0. The van der Waals surface area contributed by atoms with Crippen molar-refractivity contribution in [2.24, 2.45) is 5.73 Å². The van der Waals surface area contributed by atoms with E-state index >= 15 is 0 Å². The third-order valence-electron chi connectivity index (χ3n) is 7.05. The fourth-order valence-corrected chi connectivity index (χ4v) is 4.88. The number of nitrogens with zero attached hydrogens (tertiary/aromatic N) is 7. The van der Waals surface area contributed by atoms with Crippen LogP contribution in [0.15, 0.2) is 24.3 Å². The van der Waals surface area contributed by atoms with Gasteiger partial charge in [-0.05, 0) is 51.8 Å². The van der Waals surface area contributed by atoms with Crippen molar-refractivity contribution >= 4 is 17.5 Å². The monoisotopic (exact) mass is 460 g/mol. The van der Waals surface area contributed by atoms with Crippen molar-refractivity contribution in [2.75, 3.05) is 16.8 Å². The Morgan fingerprint density at radius 1 is 1.21 bits per heavy atom. The molecule has 5 heterocycles. The molecule has 3 aromatic rings. The van der Waals surface area contributed by atoms with Crippen molar-refractivity contribution in [1.29, 1.82) is 0 Å². The third kappa shape index (κ3) is 3.55. The van der Waals surface area contributed by atoms with Gasteiger partial charge in [0, 0.05) is 37.2 Å². The summed E-state index contributed by atoms with van der Waals surface area (Å²) >= 11 is 0. The Balaban J connectivity index is 1.53. The molecule has 0 saturated carbocycles. The van der Waals surface area contributed by atoms with E-state index in [2.05, 4.69) is 40.4 Å². The number of rotatable bonds is 6. The first-order valence-electron chi connectivity index (χ1n) is 12.0. The number of aromatic nitrogens is 5. The number of fused-ring (bicyclic) bond motifs is 2. The standard InChI is InChI=1S/C25H32N8O/c1-6-16-10-11-21-29-30-24(33(16)21)19-8-7-9-20(27-19)32-13-18-17(25(32)34)12-22(31(5)14(2)3)28-23(18)15(4)26/h7-9,12,14-16H,6,10-11,13,26H2,1-5H3. The maximum Gasteiger partial charge on any atom is 0.260 e. The van der Waals surface area contributed by atoms with E-state index in [9.17, 15) is 4.79 Å². The molecule has 2 aliphatic rings. The van der Waals surface area contributed by atoms with Crippen LogP contribution in [0.4, 0.5) is 11.6 Å². The number of amides is 1. The van der Waals surface area contributed by atoms with E-state index in [1.807, 2.05) is 38.2 Å². The molecule has 2 N–H and O–H groups in total. The van der Waals surface area contributed by atoms with Crippen LogP contribution in [0.2, 0.25) is 0 Å². The summed E-state index contributed by atoms with van der Waals surface area (Å²) in [6.45, 7) is 8.67. The summed E-state index contributed by atoms with van der Waals surface area (Å²) in [6.07, 6.45) is 3.04. The highest BCUT2D eigenvalue weighted by Gasteiger charge is 2.34. The largest absolute Gasteiger partial charge is 0.357 e. The molecule has 0 fully saturated rings. The maximum absolute atomic E-state index is 13.6. The van der Waals surface area contributed by atoms with Crippen molar-refractivity contribution in [3.05, 3.63) is 46.9 Å². The van der Waals surface area contributed by atoms with Crippen LogP contribution in [-0.4, -0.2) is 43.7 Å². The van der Waals surface area contributed by atoms with Gasteiger partial charge in [-0.2, -0.15) is 0 Å². The van der Waals surface area contributed by atoms with Crippen LogP contribution < -0.4 is 15.5 Å². The van der Waals surface area contributed by atoms with E-state index in [1.165, 1.54) is 0 Å². The second kappa shape index (κ2) is 8.47. The Morgan fingerprint density at radius 2 is 2.00 bits per heavy atom. The lowest BCUT2D eigenvalue weighted by Crippen LogP contribution is -2.28. The fourth-order valence-electron chi connectivity index (χ4n) is 4.88. The van der Waals surface area contributed by atoms with Crippen LogP contribution in [-0.2, 0) is 13.0 Å². The number of hydrogen-bond acceptors (Lipinski definition) is 7. The van der Waals surface area contributed by atoms with Crippen LogP contribution in [0.25, 0.3) is 11.5 Å². The van der Waals surface area contributed by atoms with Gasteiger partial charge in [0.25, 0.3) is 5.91 Å². The molecule has 0 aromatic carbocycles. The second-order valence-corrected chi connectivity index (χ2v) is 9.57. The summed E-state index contributed by atoms with van der Waals surface area (Å²) in [5.74, 6) is 3.04. The normalized spacial score (nSPS) is 17.9. The first-order valence-corrected chi connectivity index (χ1v) is 12.0. The molecule has 2 atom stereocenters. The highest BCUT2D eigenvalue weighted by atomic mass is 16.2. The second-order valence-electron chi connectivity index (χ2n) is 9.57. The number of hydrogen-bond donors (Lipinski definition) is 1. The average molecular weight is 461 g/mol. The summed E-state index contributed by atoms with van der Waals surface area (Å²) in [5, 5.41) is 8.82. The number of carbonyl (C=O) groups excluding carboxylic acids is 1. The Morgan fingerprint density at radius 3 is 2.71 bits per heavy atom. The van der Waals surface area contributed by atoms with Gasteiger partial charge >= 0.3 is 0 Å². The molecule has 0 spiro atoms. The van der Waals surface area contributed by atoms with Crippen molar-refractivity contribution in [1.82, 2.24) is 24.7 Å². The molecule has 2 aliphatic heterocycles. The topological polar surface area (TPSA) is 106 Å². The molecule has 0 saturated heterocycles. The molecule has 3 aromatic heterocycles. The Hall–Kier alpha value is -3.33. The summed E-state index contributed by atoms with van der Waals surface area (Å²) < 4.78 is 2.21. The predicted molar refractivity (Wildman–Crippen MR) is 132 cm³/mol. The van der Waals surface area contributed by atoms with Gasteiger partial charge < -0.3 is 15.2 Å². The van der Waals surface area contributed by atoms with Crippen LogP contribution in [0.5, 0.6) is 0 Å². The minimum atomic E-state index is -0.286. The number of carbonyl (C=O) groups is 1. The minimum Gasteiger partial charge on any atom is -0.357 e. The highest BCUT2D eigenvalue weighted by Crippen LogP contribution is 2.36. The molecular formula is C25H32N8O. The van der Waals surface area contributed by atoms with Crippen LogP contribution >= 0.6 is 0 Å². The first kappa shape index (κ1) is 22.5. The Bertz CT molecular complexity index is 1250. The smallest absolute Gasteiger partial charge is 0.260 e. The molecule has 178 valence electrons. The zero-order valence-corrected chi connectivity index (χ0v) is 20.5. The van der Waals surface area contributed by atoms with Gasteiger partial charge in [0.2, 0.25) is 0 Å². The van der Waals surface area contributed by atoms with E-state index in [4.69, 9.17) is 15.7 Å². The molecule has 34 heavy (non-hydrogen) atoms. The Kier molecular flexibility index (Phi) is 5.59. The van der Waals surface area contributed by atoms with Gasteiger partial charge in [-0.3, -0.25) is 9.69 Å². The molecule has 9 heteroatoms. The third-order valence-corrected chi connectivity index (χ3v) is 7.05. The number of aryl methyl sites for hydroxylation is 1. The molecule has 1 amide bonds. The summed E-state index contributed by atoms with van der Waals surface area (Å²) in [5.41, 5.74) is 9.29. The van der Waals surface area contributed by atoms with E-state index in [-0.39, 0.29) is 18.0 Å². The summed E-state index contributed by atoms with van der Waals surface area (Å²) in [7, 11) is 1.98. The van der Waals surface area contributed by atoms with Crippen LogP contribution in [0.3, 0.4) is 0 Å². The van der Waals surface area contributed by atoms with Gasteiger partial charge in [0.05, 0.1) is 17.8 Å². The van der Waals surface area contributed by atoms with Gasteiger partial charge in [-0.25, -0.2) is 9.97 Å². The number of pyridine rings is 2. The van der Waals surface area contributed by atoms with Crippen molar-refractivity contribution in [3.8, 4) is 11.5 Å². The van der Waals surface area contributed by atoms with Gasteiger partial charge in [-0.1, -0.05) is 13.0 Å². The molecule has 0 bridgehead atoms. The fraction of sp³-hybridized carbons (Fsp3) is 0.480. The molecule has 9 nitrogen and oxygen atoms in total. The van der Waals surface area contributed by atoms with Crippen LogP contribution in [0.1, 0.15) is 80.1 Å². The van der Waals surface area contributed by atoms with Crippen molar-refractivity contribution in [2.45, 2.75) is 71.6 Å². The predicted octanol–water partition coefficient (Wildman–Crippen LogP) is 3.66. The SMILES string of the molecule is CCC1CCc2nnc(-c3cccc(N4Cc5c(cc(N(C)C(C)C)nc5C(C)N)C4=O)n3)n21. The molecular weight excluding hydrogens is 428 g/mol. The van der Waals surface area contributed by atoms with Crippen LogP contribution in [0, 0.1) is 0 Å². The highest BCUT2D eigenvalue weighted by molar-refractivity contribution is 6.10. The minimum absolute atomic E-state index is 0.0831. The van der Waals surface area contributed by atoms with Crippen molar-refractivity contribution < 1.29 is 4.79 Å². The van der Waals surface area contributed by atoms with Crippen molar-refractivity contribution in [3.63, 3.8) is 0 Å². The molecule has 0 aliphatic carbocycles. The zero-order valence-electron chi connectivity index (χ0n) is 20.5. The zero-order chi connectivity index (χ0) is 24.1. The molecule has 0 radical (unpaired) electrons. The average Bonchev–Trinajstić information content (AvgIpc) is 3.51. The van der Waals surface area contributed by atoms with Gasteiger partial charge in [0.15, 0.2) is 5.82 Å². The quantitative estimate of drug-likeness (QED) is 0.598. The number of anilines is 2. The lowest BCUT2D eigenvalue weighted by molar-refractivity contribution is 0.0996. The van der Waals surface area contributed by atoms with E-state index in [1.54, 1.807) is 4.90 Å². The summed E-state index contributed by atoms with van der Waals surface area (Å²) in [4.78, 5) is 27.0. The molecule has 5 rings (SSSR count). The van der Waals surface area contributed by atoms with E-state index in [0.29, 0.717) is 24.0 Å². The van der Waals surface area contributed by atoms with Gasteiger partial charge in [-0.15, -0.1) is 10.2 Å². The van der Waals surface area contributed by atoms with E-state index in [0.717, 1.165) is 53.7 Å². The van der Waals surface area contributed by atoms with E-state index < -0.39 is 0 Å². The first-order chi connectivity index (χ1) is 16.3. The Labute approximate surface area is 200 Å².